The number of nitrogens with zero attached hydrogens (tertiary/aromatic N) is 1. The van der Waals surface area contributed by atoms with Gasteiger partial charge in [0, 0.05) is 19.2 Å². The smallest absolute Gasteiger partial charge is 0.0657 e. The lowest BCUT2D eigenvalue weighted by Gasteiger charge is -2.44. The molecule has 1 atom stereocenters. The molecular formula is C18H30N2O. The highest BCUT2D eigenvalue weighted by Crippen LogP contribution is 2.32. The summed E-state index contributed by atoms with van der Waals surface area (Å²) in [4.78, 5) is 2.42. The number of rotatable bonds is 7. The molecule has 1 aromatic rings. The van der Waals surface area contributed by atoms with Crippen LogP contribution in [0.5, 0.6) is 0 Å². The Hall–Kier alpha value is -0.900. The molecule has 0 radical (unpaired) electrons. The number of methoxy groups -OCH3 is 1. The van der Waals surface area contributed by atoms with Crippen LogP contribution in [0.3, 0.4) is 0 Å². The lowest BCUT2D eigenvalue weighted by Crippen LogP contribution is -2.53. The molecule has 21 heavy (non-hydrogen) atoms. The first-order valence-electron chi connectivity index (χ1n) is 8.13. The van der Waals surface area contributed by atoms with Crippen LogP contribution in [0.2, 0.25) is 0 Å². The molecule has 0 amide bonds. The van der Waals surface area contributed by atoms with Gasteiger partial charge in [0.25, 0.3) is 0 Å². The zero-order valence-corrected chi connectivity index (χ0v) is 13.8. The van der Waals surface area contributed by atoms with Crippen molar-refractivity contribution >= 4 is 0 Å². The third kappa shape index (κ3) is 4.29. The largest absolute Gasteiger partial charge is 0.383 e. The molecule has 1 aliphatic carbocycles. The Kier molecular flexibility index (Phi) is 6.22. The van der Waals surface area contributed by atoms with Gasteiger partial charge in [-0.3, -0.25) is 0 Å². The van der Waals surface area contributed by atoms with E-state index in [1.807, 2.05) is 0 Å². The van der Waals surface area contributed by atoms with Crippen molar-refractivity contribution in [3.8, 4) is 0 Å². The minimum Gasteiger partial charge on any atom is -0.383 e. The van der Waals surface area contributed by atoms with Gasteiger partial charge in [0.2, 0.25) is 0 Å². The standard InChI is InChI=1S/C18H30N2O/c1-20(2)18(12-8-5-9-13-18)15-19-17(14-21-3)16-10-6-4-7-11-16/h4,6-7,10-11,17,19H,5,8-9,12-15H2,1-3H3. The van der Waals surface area contributed by atoms with Gasteiger partial charge in [0.1, 0.15) is 0 Å². The maximum absolute atomic E-state index is 5.42. The van der Waals surface area contributed by atoms with Gasteiger partial charge in [-0.05, 0) is 32.5 Å². The number of hydrogen-bond donors (Lipinski definition) is 1. The number of nitrogens with one attached hydrogen (secondary N) is 1. The Morgan fingerprint density at radius 1 is 1.14 bits per heavy atom. The van der Waals surface area contributed by atoms with Gasteiger partial charge in [-0.2, -0.15) is 0 Å². The third-order valence-corrected chi connectivity index (χ3v) is 4.95. The van der Waals surface area contributed by atoms with Crippen LogP contribution in [0, 0.1) is 0 Å². The molecule has 1 aliphatic rings. The molecule has 3 heteroatoms. The van der Waals surface area contributed by atoms with Gasteiger partial charge in [0.15, 0.2) is 0 Å². The van der Waals surface area contributed by atoms with Crippen molar-refractivity contribution in [3.05, 3.63) is 35.9 Å². The summed E-state index contributed by atoms with van der Waals surface area (Å²) in [5.74, 6) is 0. The van der Waals surface area contributed by atoms with Crippen LogP contribution in [-0.4, -0.2) is 44.8 Å². The van der Waals surface area contributed by atoms with E-state index < -0.39 is 0 Å². The average Bonchev–Trinajstić information content (AvgIpc) is 2.53. The fourth-order valence-electron chi connectivity index (χ4n) is 3.43. The van der Waals surface area contributed by atoms with Crippen LogP contribution in [0.4, 0.5) is 0 Å². The summed E-state index contributed by atoms with van der Waals surface area (Å²) >= 11 is 0. The Bertz CT molecular complexity index is 399. The number of benzene rings is 1. The highest BCUT2D eigenvalue weighted by molar-refractivity contribution is 5.19. The van der Waals surface area contributed by atoms with E-state index in [1.165, 1.54) is 37.7 Å². The van der Waals surface area contributed by atoms with Crippen LogP contribution in [0.15, 0.2) is 30.3 Å². The quantitative estimate of drug-likeness (QED) is 0.834. The van der Waals surface area contributed by atoms with E-state index >= 15 is 0 Å². The topological polar surface area (TPSA) is 24.5 Å². The summed E-state index contributed by atoms with van der Waals surface area (Å²) in [5, 5.41) is 3.76. The maximum Gasteiger partial charge on any atom is 0.0657 e. The first-order valence-corrected chi connectivity index (χ1v) is 8.13. The molecule has 1 aromatic carbocycles. The van der Waals surface area contributed by atoms with Crippen LogP contribution in [-0.2, 0) is 4.74 Å². The maximum atomic E-state index is 5.42. The van der Waals surface area contributed by atoms with Crippen molar-refractivity contribution < 1.29 is 4.74 Å². The summed E-state index contributed by atoms with van der Waals surface area (Å²) in [6, 6.07) is 10.9. The van der Waals surface area contributed by atoms with E-state index in [0.29, 0.717) is 12.1 Å². The predicted octanol–water partition coefficient (Wildman–Crippen LogP) is 3.23. The number of ether oxygens (including phenoxy) is 1. The molecule has 118 valence electrons. The fourth-order valence-corrected chi connectivity index (χ4v) is 3.43. The molecule has 0 aliphatic heterocycles. The summed E-state index contributed by atoms with van der Waals surface area (Å²) < 4.78 is 5.42. The molecule has 0 heterocycles. The monoisotopic (exact) mass is 290 g/mol. The zero-order chi connectivity index (χ0) is 15.1. The van der Waals surface area contributed by atoms with Gasteiger partial charge in [-0.1, -0.05) is 49.6 Å². The van der Waals surface area contributed by atoms with Crippen molar-refractivity contribution in [2.24, 2.45) is 0 Å². The van der Waals surface area contributed by atoms with Crippen LogP contribution in [0.25, 0.3) is 0 Å². The predicted molar refractivity (Wildman–Crippen MR) is 88.6 cm³/mol. The van der Waals surface area contributed by atoms with E-state index in [2.05, 4.69) is 54.6 Å². The van der Waals surface area contributed by atoms with Gasteiger partial charge in [0.05, 0.1) is 12.6 Å². The second-order valence-corrected chi connectivity index (χ2v) is 6.48. The highest BCUT2D eigenvalue weighted by atomic mass is 16.5. The molecule has 1 unspecified atom stereocenters. The zero-order valence-electron chi connectivity index (χ0n) is 13.8. The van der Waals surface area contributed by atoms with E-state index in [9.17, 15) is 0 Å². The Morgan fingerprint density at radius 3 is 2.38 bits per heavy atom. The third-order valence-electron chi connectivity index (χ3n) is 4.95. The van der Waals surface area contributed by atoms with Crippen LogP contribution >= 0.6 is 0 Å². The lowest BCUT2D eigenvalue weighted by atomic mass is 9.80. The summed E-state index contributed by atoms with van der Waals surface area (Å²) in [6.45, 7) is 1.75. The van der Waals surface area contributed by atoms with E-state index in [1.54, 1.807) is 7.11 Å². The lowest BCUT2D eigenvalue weighted by molar-refractivity contribution is 0.0866. The van der Waals surface area contributed by atoms with Crippen molar-refractivity contribution in [3.63, 3.8) is 0 Å². The Balaban J connectivity index is 2.03. The van der Waals surface area contributed by atoms with Crippen LogP contribution in [0.1, 0.15) is 43.7 Å². The minimum absolute atomic E-state index is 0.273. The normalized spacial score (nSPS) is 19.6. The minimum atomic E-state index is 0.273. The molecular weight excluding hydrogens is 260 g/mol. The number of likely N-dealkylation sites (N-methyl/N-ethyl adjacent to an activating group) is 1. The first-order chi connectivity index (χ1) is 10.2. The highest BCUT2D eigenvalue weighted by Gasteiger charge is 2.34. The first kappa shape index (κ1) is 16.5. The molecule has 1 saturated carbocycles. The molecule has 3 nitrogen and oxygen atoms in total. The molecule has 0 bridgehead atoms. The molecule has 0 saturated heterocycles. The van der Waals surface area contributed by atoms with Crippen LogP contribution < -0.4 is 5.32 Å². The van der Waals surface area contributed by atoms with Crippen molar-refractivity contribution in [1.29, 1.82) is 0 Å². The Labute approximate surface area is 129 Å². The van der Waals surface area contributed by atoms with Gasteiger partial charge >= 0.3 is 0 Å². The van der Waals surface area contributed by atoms with E-state index in [-0.39, 0.29) is 6.04 Å². The van der Waals surface area contributed by atoms with Gasteiger partial charge in [-0.25, -0.2) is 0 Å². The van der Waals surface area contributed by atoms with Gasteiger partial charge in [-0.15, -0.1) is 0 Å². The molecule has 1 fully saturated rings. The van der Waals surface area contributed by atoms with E-state index in [0.717, 1.165) is 6.54 Å². The van der Waals surface area contributed by atoms with Crippen molar-refractivity contribution in [2.75, 3.05) is 34.4 Å². The second-order valence-electron chi connectivity index (χ2n) is 6.48. The molecule has 2 rings (SSSR count). The summed E-state index contributed by atoms with van der Waals surface area (Å²) in [7, 11) is 6.22. The summed E-state index contributed by atoms with van der Waals surface area (Å²) in [5.41, 5.74) is 1.61. The van der Waals surface area contributed by atoms with E-state index in [4.69, 9.17) is 4.74 Å². The second kappa shape index (κ2) is 7.92. The average molecular weight is 290 g/mol. The van der Waals surface area contributed by atoms with Crippen molar-refractivity contribution in [2.45, 2.75) is 43.7 Å². The molecule has 1 N–H and O–H groups in total. The van der Waals surface area contributed by atoms with Gasteiger partial charge < -0.3 is 15.0 Å². The SMILES string of the molecule is COCC(NCC1(N(C)C)CCCCC1)c1ccccc1. The van der Waals surface area contributed by atoms with Crippen molar-refractivity contribution in [1.82, 2.24) is 10.2 Å². The molecule has 0 aromatic heterocycles. The summed E-state index contributed by atoms with van der Waals surface area (Å²) in [6.07, 6.45) is 6.67. The Morgan fingerprint density at radius 2 is 1.81 bits per heavy atom. The number of hydrogen-bond acceptors (Lipinski definition) is 3. The molecule has 0 spiro atoms. The fraction of sp³-hybridized carbons (Fsp3) is 0.667.